The Hall–Kier alpha value is -1.14. The Balaban J connectivity index is 2.19. The van der Waals surface area contributed by atoms with Gasteiger partial charge >= 0.3 is 6.18 Å². The molecule has 1 aromatic carbocycles. The summed E-state index contributed by atoms with van der Waals surface area (Å²) in [5.41, 5.74) is -0.854. The number of aliphatic hydroxyl groups is 1. The van der Waals surface area contributed by atoms with Crippen LogP contribution in [0, 0.1) is 5.82 Å². The Morgan fingerprint density at radius 3 is 2.18 bits per heavy atom. The zero-order valence-corrected chi connectivity index (χ0v) is 12.5. The van der Waals surface area contributed by atoms with E-state index in [2.05, 4.69) is 0 Å². The van der Waals surface area contributed by atoms with Gasteiger partial charge in [-0.15, -0.1) is 0 Å². The third-order valence-electron chi connectivity index (χ3n) is 3.30. The number of aliphatic hydroxyl groups excluding tert-OH is 1. The van der Waals surface area contributed by atoms with Crippen molar-refractivity contribution in [3.63, 3.8) is 0 Å². The highest BCUT2D eigenvalue weighted by Crippen LogP contribution is 2.31. The third-order valence-corrected chi connectivity index (χ3v) is 3.30. The standard InChI is InChI=1S/C16H22F4O2/c17-15-11-13(7-8-14(15)16(18,19)20)12-22-10-6-4-2-1-3-5-9-21/h7-8,11,21H,1-6,9-10,12H2. The first kappa shape index (κ1) is 18.9. The molecule has 0 aromatic heterocycles. The summed E-state index contributed by atoms with van der Waals surface area (Å²) in [6.45, 7) is 0.842. The number of alkyl halides is 3. The highest BCUT2D eigenvalue weighted by molar-refractivity contribution is 5.26. The number of rotatable bonds is 10. The summed E-state index contributed by atoms with van der Waals surface area (Å²) in [4.78, 5) is 0. The van der Waals surface area contributed by atoms with Crippen molar-refractivity contribution < 1.29 is 27.4 Å². The second-order valence-corrected chi connectivity index (χ2v) is 5.21. The van der Waals surface area contributed by atoms with Gasteiger partial charge in [-0.2, -0.15) is 13.2 Å². The fourth-order valence-electron chi connectivity index (χ4n) is 2.09. The third kappa shape index (κ3) is 7.22. The number of hydrogen-bond acceptors (Lipinski definition) is 2. The average Bonchev–Trinajstić information content (AvgIpc) is 2.44. The summed E-state index contributed by atoms with van der Waals surface area (Å²) in [5.74, 6) is -1.27. The van der Waals surface area contributed by atoms with Gasteiger partial charge in [0.1, 0.15) is 5.82 Å². The lowest BCUT2D eigenvalue weighted by molar-refractivity contribution is -0.140. The van der Waals surface area contributed by atoms with E-state index in [4.69, 9.17) is 9.84 Å². The summed E-state index contributed by atoms with van der Waals surface area (Å²) in [6, 6.07) is 2.85. The maximum absolute atomic E-state index is 13.3. The lowest BCUT2D eigenvalue weighted by Gasteiger charge is -2.10. The largest absolute Gasteiger partial charge is 0.419 e. The Morgan fingerprint density at radius 2 is 1.59 bits per heavy atom. The van der Waals surface area contributed by atoms with Crippen LogP contribution < -0.4 is 0 Å². The first-order valence-electron chi connectivity index (χ1n) is 7.49. The Labute approximate surface area is 128 Å². The van der Waals surface area contributed by atoms with Gasteiger partial charge in [0.05, 0.1) is 12.2 Å². The minimum atomic E-state index is -4.67. The van der Waals surface area contributed by atoms with E-state index in [0.717, 1.165) is 50.7 Å². The normalized spacial score (nSPS) is 11.9. The maximum Gasteiger partial charge on any atom is 0.419 e. The molecule has 0 radical (unpaired) electrons. The zero-order valence-electron chi connectivity index (χ0n) is 12.5. The van der Waals surface area contributed by atoms with Gasteiger partial charge in [0.2, 0.25) is 0 Å². The van der Waals surface area contributed by atoms with Crippen LogP contribution in [0.3, 0.4) is 0 Å². The van der Waals surface area contributed by atoms with Gasteiger partial charge in [-0.25, -0.2) is 4.39 Å². The fraction of sp³-hybridized carbons (Fsp3) is 0.625. The molecule has 1 rings (SSSR count). The summed E-state index contributed by atoms with van der Waals surface area (Å²) in [5, 5.41) is 8.62. The Morgan fingerprint density at radius 1 is 0.955 bits per heavy atom. The summed E-state index contributed by atoms with van der Waals surface area (Å²) >= 11 is 0. The molecule has 0 spiro atoms. The molecular weight excluding hydrogens is 300 g/mol. The monoisotopic (exact) mass is 322 g/mol. The molecule has 0 saturated heterocycles. The first-order valence-corrected chi connectivity index (χ1v) is 7.49. The Bertz CT molecular complexity index is 433. The predicted molar refractivity (Wildman–Crippen MR) is 75.8 cm³/mol. The van der Waals surface area contributed by atoms with E-state index < -0.39 is 17.6 Å². The summed E-state index contributed by atoms with van der Waals surface area (Å²) in [6.07, 6.45) is 1.19. The molecule has 0 heterocycles. The number of halogens is 4. The van der Waals surface area contributed by atoms with Crippen molar-refractivity contribution in [1.29, 1.82) is 0 Å². The molecule has 22 heavy (non-hydrogen) atoms. The number of ether oxygens (including phenoxy) is 1. The van der Waals surface area contributed by atoms with Gasteiger partial charge in [-0.3, -0.25) is 0 Å². The molecule has 2 nitrogen and oxygen atoms in total. The van der Waals surface area contributed by atoms with E-state index in [9.17, 15) is 17.6 Å². The second-order valence-electron chi connectivity index (χ2n) is 5.21. The minimum Gasteiger partial charge on any atom is -0.396 e. The highest BCUT2D eigenvalue weighted by atomic mass is 19.4. The molecule has 0 bridgehead atoms. The molecule has 126 valence electrons. The van der Waals surface area contributed by atoms with E-state index in [0.29, 0.717) is 12.2 Å². The molecule has 1 aromatic rings. The molecular formula is C16H22F4O2. The zero-order chi connectivity index (χ0) is 16.4. The van der Waals surface area contributed by atoms with Crippen molar-refractivity contribution in [1.82, 2.24) is 0 Å². The topological polar surface area (TPSA) is 29.5 Å². The van der Waals surface area contributed by atoms with E-state index in [1.165, 1.54) is 6.07 Å². The number of benzene rings is 1. The second kappa shape index (κ2) is 9.79. The fourth-order valence-corrected chi connectivity index (χ4v) is 2.09. The van der Waals surface area contributed by atoms with Gasteiger partial charge in [-0.1, -0.05) is 31.7 Å². The average molecular weight is 322 g/mol. The van der Waals surface area contributed by atoms with Crippen molar-refractivity contribution in [2.75, 3.05) is 13.2 Å². The maximum atomic E-state index is 13.3. The quantitative estimate of drug-likeness (QED) is 0.500. The number of unbranched alkanes of at least 4 members (excludes halogenated alkanes) is 5. The van der Waals surface area contributed by atoms with E-state index >= 15 is 0 Å². The van der Waals surface area contributed by atoms with Crippen molar-refractivity contribution >= 4 is 0 Å². The first-order chi connectivity index (χ1) is 10.4. The molecule has 0 aliphatic heterocycles. The van der Waals surface area contributed by atoms with Gasteiger partial charge in [-0.05, 0) is 30.5 Å². The molecule has 0 atom stereocenters. The molecule has 6 heteroatoms. The molecule has 0 aliphatic carbocycles. The molecule has 1 N–H and O–H groups in total. The van der Waals surface area contributed by atoms with Crippen LogP contribution in [0.25, 0.3) is 0 Å². The molecule has 0 unspecified atom stereocenters. The predicted octanol–water partition coefficient (Wildman–Crippen LogP) is 4.69. The van der Waals surface area contributed by atoms with Crippen LogP contribution in [0.2, 0.25) is 0 Å². The smallest absolute Gasteiger partial charge is 0.396 e. The molecule has 0 fully saturated rings. The van der Waals surface area contributed by atoms with Gasteiger partial charge < -0.3 is 9.84 Å². The van der Waals surface area contributed by atoms with Crippen LogP contribution in [-0.2, 0) is 17.5 Å². The van der Waals surface area contributed by atoms with Gasteiger partial charge in [0.25, 0.3) is 0 Å². The Kier molecular flexibility index (Phi) is 8.42. The summed E-state index contributed by atoms with van der Waals surface area (Å²) in [7, 11) is 0. The van der Waals surface area contributed by atoms with Crippen molar-refractivity contribution in [2.45, 2.75) is 51.3 Å². The van der Waals surface area contributed by atoms with Crippen LogP contribution >= 0.6 is 0 Å². The summed E-state index contributed by atoms with van der Waals surface area (Å²) < 4.78 is 55.9. The van der Waals surface area contributed by atoms with Crippen LogP contribution in [0.4, 0.5) is 17.6 Å². The van der Waals surface area contributed by atoms with Crippen LogP contribution in [0.1, 0.15) is 49.7 Å². The van der Waals surface area contributed by atoms with Gasteiger partial charge in [0.15, 0.2) is 0 Å². The van der Waals surface area contributed by atoms with Crippen LogP contribution in [0.5, 0.6) is 0 Å². The lowest BCUT2D eigenvalue weighted by Crippen LogP contribution is -2.08. The van der Waals surface area contributed by atoms with E-state index in [-0.39, 0.29) is 13.2 Å². The van der Waals surface area contributed by atoms with Crippen LogP contribution in [-0.4, -0.2) is 18.3 Å². The van der Waals surface area contributed by atoms with E-state index in [1.807, 2.05) is 0 Å². The van der Waals surface area contributed by atoms with Crippen LogP contribution in [0.15, 0.2) is 18.2 Å². The molecule has 0 saturated carbocycles. The molecule has 0 amide bonds. The SMILES string of the molecule is OCCCCCCCCOCc1ccc(C(F)(F)F)c(F)c1. The van der Waals surface area contributed by atoms with Gasteiger partial charge in [0, 0.05) is 13.2 Å². The van der Waals surface area contributed by atoms with Crippen molar-refractivity contribution in [3.05, 3.63) is 35.1 Å². The van der Waals surface area contributed by atoms with E-state index in [1.54, 1.807) is 0 Å². The molecule has 0 aliphatic rings. The lowest BCUT2D eigenvalue weighted by atomic mass is 10.1. The van der Waals surface area contributed by atoms with Crippen molar-refractivity contribution in [2.24, 2.45) is 0 Å². The highest BCUT2D eigenvalue weighted by Gasteiger charge is 2.33. The van der Waals surface area contributed by atoms with Crippen molar-refractivity contribution in [3.8, 4) is 0 Å². The number of hydrogen-bond donors (Lipinski definition) is 1. The minimum absolute atomic E-state index is 0.111.